The van der Waals surface area contributed by atoms with Crippen LogP contribution in [0.1, 0.15) is 9.88 Å². The number of amidine groups is 1. The number of anilines is 1. The molecule has 8 heteroatoms. The zero-order valence-electron chi connectivity index (χ0n) is 16.7. The molecule has 154 valence electrons. The molecule has 2 aromatic carbocycles. The van der Waals surface area contributed by atoms with Crippen LogP contribution in [0, 0.1) is 12.3 Å². The molecule has 0 spiro atoms. The third-order valence-corrected chi connectivity index (χ3v) is 6.40. The van der Waals surface area contributed by atoms with Gasteiger partial charge in [-0.3, -0.25) is 5.41 Å². The molecule has 4 rings (SSSR count). The van der Waals surface area contributed by atoms with Gasteiger partial charge >= 0.3 is 0 Å². The van der Waals surface area contributed by atoms with Gasteiger partial charge < -0.3 is 19.5 Å². The molecule has 6 nitrogen and oxygen atoms in total. The average Bonchev–Trinajstić information content (AvgIpc) is 3.26. The summed E-state index contributed by atoms with van der Waals surface area (Å²) >= 11 is 4.92. The van der Waals surface area contributed by atoms with Gasteiger partial charge in [0.25, 0.3) is 0 Å². The first-order valence-corrected chi connectivity index (χ1v) is 10.8. The predicted molar refractivity (Wildman–Crippen MR) is 124 cm³/mol. The molecule has 0 unspecified atom stereocenters. The first-order chi connectivity index (χ1) is 14.4. The first-order valence-electron chi connectivity index (χ1n) is 9.16. The molecule has 0 saturated carbocycles. The standard InChI is InChI=1S/C22H20BrN3O3S/c1-12-20(13-4-6-14(23)7-5-13)25-22(30-12)19-18(27)11-26(21(19)24)15-8-16(28-2)10-17(9-15)29-3/h4-10,24,27H,11H2,1-3H3. The molecule has 0 amide bonds. The van der Waals surface area contributed by atoms with Crippen molar-refractivity contribution in [2.75, 3.05) is 25.7 Å². The Morgan fingerprint density at radius 2 is 1.73 bits per heavy atom. The van der Waals surface area contributed by atoms with Crippen LogP contribution in [-0.2, 0) is 0 Å². The number of aromatic nitrogens is 1. The maximum absolute atomic E-state index is 10.7. The molecule has 1 aliphatic heterocycles. The van der Waals surface area contributed by atoms with E-state index in [2.05, 4.69) is 15.9 Å². The van der Waals surface area contributed by atoms with Gasteiger partial charge in [-0.2, -0.15) is 0 Å². The quantitative estimate of drug-likeness (QED) is 0.486. The van der Waals surface area contributed by atoms with Crippen molar-refractivity contribution in [3.8, 4) is 22.8 Å². The Labute approximate surface area is 187 Å². The fourth-order valence-corrected chi connectivity index (χ4v) is 4.62. The van der Waals surface area contributed by atoms with Crippen LogP contribution in [0.5, 0.6) is 11.5 Å². The van der Waals surface area contributed by atoms with E-state index in [0.29, 0.717) is 27.8 Å². The van der Waals surface area contributed by atoms with Crippen LogP contribution in [0.2, 0.25) is 0 Å². The highest BCUT2D eigenvalue weighted by Gasteiger charge is 2.32. The van der Waals surface area contributed by atoms with Crippen LogP contribution < -0.4 is 14.4 Å². The monoisotopic (exact) mass is 485 g/mol. The smallest absolute Gasteiger partial charge is 0.139 e. The van der Waals surface area contributed by atoms with Crippen molar-refractivity contribution in [2.24, 2.45) is 0 Å². The second-order valence-electron chi connectivity index (χ2n) is 6.76. The largest absolute Gasteiger partial charge is 0.510 e. The second-order valence-corrected chi connectivity index (χ2v) is 8.88. The molecule has 0 bridgehead atoms. The van der Waals surface area contributed by atoms with Crippen molar-refractivity contribution >= 4 is 44.4 Å². The number of halogens is 1. The van der Waals surface area contributed by atoms with Gasteiger partial charge in [-0.1, -0.05) is 28.1 Å². The summed E-state index contributed by atoms with van der Waals surface area (Å²) in [6.45, 7) is 2.19. The summed E-state index contributed by atoms with van der Waals surface area (Å²) in [6, 6.07) is 13.3. The Hall–Kier alpha value is -2.84. The number of thiazole rings is 1. The van der Waals surface area contributed by atoms with E-state index in [1.54, 1.807) is 25.2 Å². The van der Waals surface area contributed by atoms with Crippen molar-refractivity contribution < 1.29 is 14.6 Å². The Morgan fingerprint density at radius 1 is 1.10 bits per heavy atom. The maximum atomic E-state index is 10.7. The van der Waals surface area contributed by atoms with Gasteiger partial charge in [0.1, 0.15) is 28.1 Å². The summed E-state index contributed by atoms with van der Waals surface area (Å²) in [5.41, 5.74) is 3.02. The van der Waals surface area contributed by atoms with Crippen molar-refractivity contribution in [1.82, 2.24) is 4.98 Å². The molecule has 2 heterocycles. The van der Waals surface area contributed by atoms with Crippen LogP contribution in [0.4, 0.5) is 5.69 Å². The highest BCUT2D eigenvalue weighted by Crippen LogP contribution is 2.38. The SMILES string of the molecule is COc1cc(OC)cc(N2CC(O)=C(c3nc(-c4ccc(Br)cc4)c(C)s3)C2=N)c1. The Kier molecular flexibility index (Phi) is 5.53. The number of aliphatic hydroxyl groups is 1. The molecule has 0 saturated heterocycles. The number of nitrogens with one attached hydrogen (secondary N) is 1. The zero-order valence-corrected chi connectivity index (χ0v) is 19.1. The molecule has 0 radical (unpaired) electrons. The number of aryl methyl sites for hydroxylation is 1. The predicted octanol–water partition coefficient (Wildman–Crippen LogP) is 5.66. The molecule has 3 aromatic rings. The summed E-state index contributed by atoms with van der Waals surface area (Å²) in [7, 11) is 3.16. The lowest BCUT2D eigenvalue weighted by molar-refractivity contribution is 0.394. The van der Waals surface area contributed by atoms with E-state index in [-0.39, 0.29) is 18.1 Å². The maximum Gasteiger partial charge on any atom is 0.139 e. The molecular formula is C22H20BrN3O3S. The summed E-state index contributed by atoms with van der Waals surface area (Å²) in [5, 5.41) is 20.1. The van der Waals surface area contributed by atoms with E-state index >= 15 is 0 Å². The molecule has 1 aromatic heterocycles. The lowest BCUT2D eigenvalue weighted by Gasteiger charge is -2.20. The number of rotatable bonds is 5. The molecule has 30 heavy (non-hydrogen) atoms. The van der Waals surface area contributed by atoms with Crippen molar-refractivity contribution in [1.29, 1.82) is 5.41 Å². The number of aliphatic hydroxyl groups excluding tert-OH is 1. The van der Waals surface area contributed by atoms with E-state index < -0.39 is 0 Å². The van der Waals surface area contributed by atoms with Gasteiger partial charge in [0, 0.05) is 33.1 Å². The van der Waals surface area contributed by atoms with E-state index in [4.69, 9.17) is 19.9 Å². The Balaban J connectivity index is 1.68. The van der Waals surface area contributed by atoms with Crippen molar-refractivity contribution in [3.63, 3.8) is 0 Å². The van der Waals surface area contributed by atoms with E-state index in [9.17, 15) is 5.11 Å². The van der Waals surface area contributed by atoms with Gasteiger partial charge in [0.2, 0.25) is 0 Å². The third-order valence-electron chi connectivity index (χ3n) is 4.88. The second kappa shape index (κ2) is 8.12. The van der Waals surface area contributed by atoms with Crippen LogP contribution in [0.15, 0.2) is 52.7 Å². The molecule has 0 aliphatic carbocycles. The third kappa shape index (κ3) is 3.68. The number of hydrogen-bond donors (Lipinski definition) is 2. The van der Waals surface area contributed by atoms with Gasteiger partial charge in [-0.15, -0.1) is 11.3 Å². The Morgan fingerprint density at radius 3 is 2.33 bits per heavy atom. The molecule has 0 fully saturated rings. The van der Waals surface area contributed by atoms with E-state index in [0.717, 1.165) is 20.6 Å². The van der Waals surface area contributed by atoms with Gasteiger partial charge in [-0.25, -0.2) is 4.98 Å². The highest BCUT2D eigenvalue weighted by molar-refractivity contribution is 9.10. The lowest BCUT2D eigenvalue weighted by atomic mass is 10.1. The summed E-state index contributed by atoms with van der Waals surface area (Å²) in [5.74, 6) is 1.55. The normalized spacial score (nSPS) is 13.9. The number of methoxy groups -OCH3 is 2. The molecule has 1 aliphatic rings. The number of ether oxygens (including phenoxy) is 2. The topological polar surface area (TPSA) is 78.7 Å². The van der Waals surface area contributed by atoms with Crippen molar-refractivity contribution in [2.45, 2.75) is 6.92 Å². The fraction of sp³-hybridized carbons (Fsp3) is 0.182. The summed E-state index contributed by atoms with van der Waals surface area (Å²) in [6.07, 6.45) is 0. The number of hydrogen-bond acceptors (Lipinski definition) is 6. The van der Waals surface area contributed by atoms with E-state index in [1.807, 2.05) is 43.3 Å². The van der Waals surface area contributed by atoms with Gasteiger partial charge in [0.15, 0.2) is 0 Å². The molecule has 2 N–H and O–H groups in total. The summed E-state index contributed by atoms with van der Waals surface area (Å²) in [4.78, 5) is 7.50. The van der Waals surface area contributed by atoms with Crippen LogP contribution in [0.25, 0.3) is 16.8 Å². The first kappa shape index (κ1) is 20.4. The van der Waals surface area contributed by atoms with Crippen LogP contribution in [-0.4, -0.2) is 36.7 Å². The van der Waals surface area contributed by atoms with E-state index in [1.165, 1.54) is 11.3 Å². The molecular weight excluding hydrogens is 466 g/mol. The van der Waals surface area contributed by atoms with Gasteiger partial charge in [0.05, 0.1) is 37.7 Å². The van der Waals surface area contributed by atoms with Crippen molar-refractivity contribution in [3.05, 3.63) is 62.6 Å². The van der Waals surface area contributed by atoms with Crippen LogP contribution >= 0.6 is 27.3 Å². The molecule has 0 atom stereocenters. The Bertz CT molecular complexity index is 1130. The minimum Gasteiger partial charge on any atom is -0.510 e. The number of nitrogens with zero attached hydrogens (tertiary/aromatic N) is 2. The number of benzene rings is 2. The minimum absolute atomic E-state index is 0.123. The summed E-state index contributed by atoms with van der Waals surface area (Å²) < 4.78 is 11.7. The minimum atomic E-state index is 0.123. The average molecular weight is 486 g/mol. The fourth-order valence-electron chi connectivity index (χ4n) is 3.35. The highest BCUT2D eigenvalue weighted by atomic mass is 79.9. The van der Waals surface area contributed by atoms with Gasteiger partial charge in [-0.05, 0) is 19.1 Å². The lowest BCUT2D eigenvalue weighted by Crippen LogP contribution is -2.26. The zero-order chi connectivity index (χ0) is 21.4. The van der Waals surface area contributed by atoms with Crippen LogP contribution in [0.3, 0.4) is 0 Å².